The predicted octanol–water partition coefficient (Wildman–Crippen LogP) is 3.73. The van der Waals surface area contributed by atoms with Crippen molar-refractivity contribution in [3.63, 3.8) is 0 Å². The van der Waals surface area contributed by atoms with Gasteiger partial charge in [0.2, 0.25) is 0 Å². The van der Waals surface area contributed by atoms with Crippen molar-refractivity contribution in [3.8, 4) is 0 Å². The number of halogens is 3. The monoisotopic (exact) mass is 371 g/mol. The van der Waals surface area contributed by atoms with Crippen LogP contribution in [-0.2, 0) is 19.3 Å². The second-order valence-corrected chi connectivity index (χ2v) is 7.24. The summed E-state index contributed by atoms with van der Waals surface area (Å²) in [5.74, 6) is 0. The zero-order valence-corrected chi connectivity index (χ0v) is 14.4. The van der Waals surface area contributed by atoms with Crippen LogP contribution in [0.15, 0.2) is 30.5 Å². The Bertz CT molecular complexity index is 679. The molecule has 1 aromatic heterocycles. The molecule has 0 saturated carbocycles. The Kier molecular flexibility index (Phi) is 5.61. The summed E-state index contributed by atoms with van der Waals surface area (Å²) in [5.41, 5.74) is 2.18. The fourth-order valence-electron chi connectivity index (χ4n) is 2.76. The average Bonchev–Trinajstić information content (AvgIpc) is 3.06. The van der Waals surface area contributed by atoms with Crippen LogP contribution in [0.2, 0.25) is 0 Å². The minimum absolute atomic E-state index is 0.173. The Morgan fingerprint density at radius 3 is 2.40 bits per heavy atom. The first-order valence-corrected chi connectivity index (χ1v) is 8.97. The third-order valence-corrected chi connectivity index (χ3v) is 5.21. The number of hydrogen-bond acceptors (Lipinski definition) is 5. The molecule has 1 fully saturated rings. The van der Waals surface area contributed by atoms with Crippen LogP contribution in [0.4, 0.5) is 18.3 Å². The number of piperidine rings is 1. The third kappa shape index (κ3) is 5.17. The second kappa shape index (κ2) is 7.72. The van der Waals surface area contributed by atoms with E-state index < -0.39 is 11.1 Å². The fraction of sp³-hybridized carbons (Fsp3) is 0.471. The van der Waals surface area contributed by atoms with E-state index in [9.17, 15) is 18.3 Å². The first-order chi connectivity index (χ1) is 11.9. The van der Waals surface area contributed by atoms with E-state index in [-0.39, 0.29) is 11.2 Å². The molecule has 25 heavy (non-hydrogen) atoms. The Labute approximate surface area is 148 Å². The van der Waals surface area contributed by atoms with Gasteiger partial charge in [-0.15, -0.1) is 0 Å². The molecule has 2 aromatic rings. The standard InChI is InChI=1S/C17H20F3N3OS/c18-17(19,20)15-10-22-16(25-15)21-9-12-1-3-13(4-2-12)11-23-7-5-14(24)6-8-23/h1-4,10,14,24H,5-9,11H2,(H,21,22). The van der Waals surface area contributed by atoms with Crippen LogP contribution < -0.4 is 5.32 Å². The second-order valence-electron chi connectivity index (χ2n) is 6.20. The summed E-state index contributed by atoms with van der Waals surface area (Å²) in [4.78, 5) is 5.38. The van der Waals surface area contributed by atoms with Crippen molar-refractivity contribution in [2.24, 2.45) is 0 Å². The van der Waals surface area contributed by atoms with E-state index in [1.807, 2.05) is 24.3 Å². The molecule has 0 amide bonds. The molecule has 1 saturated heterocycles. The van der Waals surface area contributed by atoms with Crippen LogP contribution in [0.1, 0.15) is 28.8 Å². The van der Waals surface area contributed by atoms with E-state index in [1.165, 1.54) is 5.56 Å². The molecule has 0 radical (unpaired) electrons. The van der Waals surface area contributed by atoms with Gasteiger partial charge in [-0.2, -0.15) is 13.2 Å². The number of aliphatic hydroxyl groups is 1. The maximum Gasteiger partial charge on any atom is 0.427 e. The molecule has 0 aliphatic carbocycles. The Morgan fingerprint density at radius 1 is 1.16 bits per heavy atom. The van der Waals surface area contributed by atoms with E-state index >= 15 is 0 Å². The summed E-state index contributed by atoms with van der Waals surface area (Å²) < 4.78 is 37.6. The maximum atomic E-state index is 12.5. The van der Waals surface area contributed by atoms with Gasteiger partial charge in [0, 0.05) is 26.2 Å². The molecule has 3 rings (SSSR count). The van der Waals surface area contributed by atoms with E-state index in [0.29, 0.717) is 17.9 Å². The summed E-state index contributed by atoms with van der Waals surface area (Å²) in [7, 11) is 0. The zero-order valence-electron chi connectivity index (χ0n) is 13.6. The average molecular weight is 371 g/mol. The van der Waals surface area contributed by atoms with Gasteiger partial charge in [-0.25, -0.2) is 4.98 Å². The molecule has 0 unspecified atom stereocenters. The number of alkyl halides is 3. The van der Waals surface area contributed by atoms with E-state index in [4.69, 9.17) is 0 Å². The SMILES string of the molecule is OC1CCN(Cc2ccc(CNc3ncc(C(F)(F)F)s3)cc2)CC1. The van der Waals surface area contributed by atoms with Gasteiger partial charge >= 0.3 is 6.18 Å². The summed E-state index contributed by atoms with van der Waals surface area (Å²) in [5, 5.41) is 12.7. The molecule has 2 heterocycles. The molecular formula is C17H20F3N3OS. The molecule has 136 valence electrons. The first kappa shape index (κ1) is 18.2. The molecule has 4 nitrogen and oxygen atoms in total. The molecular weight excluding hydrogens is 351 g/mol. The maximum absolute atomic E-state index is 12.5. The van der Waals surface area contributed by atoms with Gasteiger partial charge in [-0.3, -0.25) is 4.90 Å². The van der Waals surface area contributed by atoms with Gasteiger partial charge in [0.25, 0.3) is 0 Å². The summed E-state index contributed by atoms with van der Waals surface area (Å²) >= 11 is 0.611. The predicted molar refractivity (Wildman–Crippen MR) is 91.4 cm³/mol. The van der Waals surface area contributed by atoms with E-state index in [0.717, 1.165) is 44.2 Å². The number of aromatic nitrogens is 1. The number of nitrogens with one attached hydrogen (secondary N) is 1. The number of aliphatic hydroxyl groups excluding tert-OH is 1. The molecule has 1 aliphatic rings. The number of nitrogens with zero attached hydrogens (tertiary/aromatic N) is 2. The Balaban J connectivity index is 1.50. The molecule has 1 aromatic carbocycles. The van der Waals surface area contributed by atoms with Crippen LogP contribution in [0.25, 0.3) is 0 Å². The molecule has 1 aliphatic heterocycles. The van der Waals surface area contributed by atoms with Crippen molar-refractivity contribution in [2.75, 3.05) is 18.4 Å². The van der Waals surface area contributed by atoms with Crippen molar-refractivity contribution in [3.05, 3.63) is 46.5 Å². The van der Waals surface area contributed by atoms with Gasteiger partial charge < -0.3 is 10.4 Å². The number of hydrogen-bond donors (Lipinski definition) is 2. The van der Waals surface area contributed by atoms with Crippen molar-refractivity contribution < 1.29 is 18.3 Å². The number of benzene rings is 1. The Morgan fingerprint density at radius 2 is 1.80 bits per heavy atom. The highest BCUT2D eigenvalue weighted by Gasteiger charge is 2.33. The highest BCUT2D eigenvalue weighted by Crippen LogP contribution is 2.35. The van der Waals surface area contributed by atoms with Gasteiger partial charge in [0.15, 0.2) is 5.13 Å². The minimum Gasteiger partial charge on any atom is -0.393 e. The van der Waals surface area contributed by atoms with Gasteiger partial charge in [0.05, 0.1) is 12.3 Å². The first-order valence-electron chi connectivity index (χ1n) is 8.15. The number of rotatable bonds is 5. The van der Waals surface area contributed by atoms with E-state index in [1.54, 1.807) is 0 Å². The van der Waals surface area contributed by atoms with Crippen LogP contribution in [0.5, 0.6) is 0 Å². The summed E-state index contributed by atoms with van der Waals surface area (Å²) in [6, 6.07) is 8.01. The van der Waals surface area contributed by atoms with E-state index in [2.05, 4.69) is 15.2 Å². The smallest absolute Gasteiger partial charge is 0.393 e. The molecule has 0 atom stereocenters. The number of anilines is 1. The summed E-state index contributed by atoms with van der Waals surface area (Å²) in [6.07, 6.45) is -2.03. The normalized spacial score (nSPS) is 17.0. The van der Waals surface area contributed by atoms with Crippen molar-refractivity contribution >= 4 is 16.5 Å². The summed E-state index contributed by atoms with van der Waals surface area (Å²) in [6.45, 7) is 3.08. The number of thiazole rings is 1. The van der Waals surface area contributed by atoms with Crippen molar-refractivity contribution in [2.45, 2.75) is 38.2 Å². The van der Waals surface area contributed by atoms with Gasteiger partial charge in [0.1, 0.15) is 4.88 Å². The molecule has 8 heteroatoms. The molecule has 0 spiro atoms. The van der Waals surface area contributed by atoms with Crippen molar-refractivity contribution in [1.82, 2.24) is 9.88 Å². The highest BCUT2D eigenvalue weighted by molar-refractivity contribution is 7.15. The molecule has 2 N–H and O–H groups in total. The third-order valence-electron chi connectivity index (χ3n) is 4.22. The largest absolute Gasteiger partial charge is 0.427 e. The lowest BCUT2D eigenvalue weighted by Gasteiger charge is -2.29. The minimum atomic E-state index is -4.34. The van der Waals surface area contributed by atoms with Gasteiger partial charge in [-0.1, -0.05) is 35.6 Å². The fourth-order valence-corrected chi connectivity index (χ4v) is 3.44. The van der Waals surface area contributed by atoms with Crippen LogP contribution in [0.3, 0.4) is 0 Å². The number of likely N-dealkylation sites (tertiary alicyclic amines) is 1. The topological polar surface area (TPSA) is 48.4 Å². The highest BCUT2D eigenvalue weighted by atomic mass is 32.1. The molecule has 0 bridgehead atoms. The van der Waals surface area contributed by atoms with Crippen LogP contribution in [-0.4, -0.2) is 34.2 Å². The van der Waals surface area contributed by atoms with Gasteiger partial charge in [-0.05, 0) is 24.0 Å². The van der Waals surface area contributed by atoms with Crippen LogP contribution >= 0.6 is 11.3 Å². The lowest BCUT2D eigenvalue weighted by Crippen LogP contribution is -2.35. The lowest BCUT2D eigenvalue weighted by atomic mass is 10.1. The quantitative estimate of drug-likeness (QED) is 0.841. The van der Waals surface area contributed by atoms with Crippen LogP contribution in [0, 0.1) is 0 Å². The zero-order chi connectivity index (χ0) is 17.9. The Hall–Kier alpha value is -1.64. The van der Waals surface area contributed by atoms with Crippen molar-refractivity contribution in [1.29, 1.82) is 0 Å². The lowest BCUT2D eigenvalue weighted by molar-refractivity contribution is -0.134.